The number of hydrogen-bond donors (Lipinski definition) is 1. The maximum Gasteiger partial charge on any atom is 0.283 e. The number of carbonyl (C=O) groups excluding carboxylic acids is 1. The number of pyridine rings is 1. The summed E-state index contributed by atoms with van der Waals surface area (Å²) in [7, 11) is -2.40. The van der Waals surface area contributed by atoms with Crippen LogP contribution in [0.15, 0.2) is 36.5 Å². The van der Waals surface area contributed by atoms with Crippen LogP contribution in [0.5, 0.6) is 0 Å². The minimum atomic E-state index is -3.80. The van der Waals surface area contributed by atoms with Crippen molar-refractivity contribution in [3.8, 4) is 0 Å². The molecular formula is C14H16N2O4S. The summed E-state index contributed by atoms with van der Waals surface area (Å²) in [6.45, 7) is 1.47. The van der Waals surface area contributed by atoms with Crippen LogP contribution in [0.4, 0.5) is 0 Å². The Hall–Kier alpha value is -1.99. The Labute approximate surface area is 123 Å². The van der Waals surface area contributed by atoms with Gasteiger partial charge in [-0.3, -0.25) is 9.78 Å². The van der Waals surface area contributed by atoms with E-state index >= 15 is 0 Å². The van der Waals surface area contributed by atoms with Gasteiger partial charge in [0.2, 0.25) is 10.0 Å². The Balaban J connectivity index is 2.31. The standard InChI is InChI=1S/C14H16N2O4S/c1-10(9-20-2)21(18,19)16-14(17)13-12-6-4-3-5-11(12)7-8-15-13/h3-8,10H,9H2,1-2H3,(H,16,17). The number of fused-ring (bicyclic) bond motifs is 1. The summed E-state index contributed by atoms with van der Waals surface area (Å²) in [6, 6.07) is 8.91. The van der Waals surface area contributed by atoms with Crippen LogP contribution >= 0.6 is 0 Å². The van der Waals surface area contributed by atoms with Crippen molar-refractivity contribution in [1.82, 2.24) is 9.71 Å². The molecule has 2 rings (SSSR count). The molecular weight excluding hydrogens is 292 g/mol. The number of aromatic nitrogens is 1. The fourth-order valence-corrected chi connectivity index (χ4v) is 2.77. The molecule has 0 aliphatic rings. The topological polar surface area (TPSA) is 85.4 Å². The van der Waals surface area contributed by atoms with Crippen molar-refractivity contribution >= 4 is 26.7 Å². The zero-order valence-corrected chi connectivity index (χ0v) is 12.6. The van der Waals surface area contributed by atoms with E-state index in [1.165, 1.54) is 20.2 Å². The van der Waals surface area contributed by atoms with Crippen LogP contribution in [0.1, 0.15) is 17.4 Å². The minimum Gasteiger partial charge on any atom is -0.383 e. The summed E-state index contributed by atoms with van der Waals surface area (Å²) in [5.74, 6) is -0.741. The molecule has 21 heavy (non-hydrogen) atoms. The number of sulfonamides is 1. The Bertz CT molecular complexity index is 753. The second-order valence-corrected chi connectivity index (χ2v) is 6.72. The van der Waals surface area contributed by atoms with Gasteiger partial charge in [0.1, 0.15) is 10.9 Å². The van der Waals surface area contributed by atoms with E-state index in [4.69, 9.17) is 4.74 Å². The number of ether oxygens (including phenoxy) is 1. The Morgan fingerprint density at radius 1 is 1.33 bits per heavy atom. The van der Waals surface area contributed by atoms with E-state index < -0.39 is 21.2 Å². The van der Waals surface area contributed by atoms with E-state index in [0.29, 0.717) is 5.39 Å². The van der Waals surface area contributed by atoms with E-state index in [1.807, 2.05) is 16.9 Å². The van der Waals surface area contributed by atoms with E-state index in [2.05, 4.69) is 4.98 Å². The molecule has 1 heterocycles. The molecule has 0 saturated heterocycles. The summed E-state index contributed by atoms with van der Waals surface area (Å²) < 4.78 is 30.8. The lowest BCUT2D eigenvalue weighted by Crippen LogP contribution is -2.39. The molecule has 2 aromatic rings. The first kappa shape index (κ1) is 15.4. The summed E-state index contributed by atoms with van der Waals surface area (Å²) in [5, 5.41) is 0.591. The average molecular weight is 308 g/mol. The number of methoxy groups -OCH3 is 1. The number of rotatable bonds is 5. The average Bonchev–Trinajstić information content (AvgIpc) is 2.46. The zero-order valence-electron chi connectivity index (χ0n) is 11.7. The van der Waals surface area contributed by atoms with Crippen molar-refractivity contribution < 1.29 is 17.9 Å². The van der Waals surface area contributed by atoms with Crippen LogP contribution in [0, 0.1) is 0 Å². The third kappa shape index (κ3) is 3.37. The van der Waals surface area contributed by atoms with Crippen molar-refractivity contribution in [2.24, 2.45) is 0 Å². The summed E-state index contributed by atoms with van der Waals surface area (Å²) in [5.41, 5.74) is 0.0845. The van der Waals surface area contributed by atoms with Crippen molar-refractivity contribution in [3.05, 3.63) is 42.2 Å². The molecule has 112 valence electrons. The molecule has 1 amide bonds. The lowest BCUT2D eigenvalue weighted by molar-refractivity contribution is 0.0977. The third-order valence-corrected chi connectivity index (χ3v) is 4.72. The quantitative estimate of drug-likeness (QED) is 0.900. The summed E-state index contributed by atoms with van der Waals surface area (Å²) in [4.78, 5) is 16.2. The van der Waals surface area contributed by atoms with Gasteiger partial charge in [0, 0.05) is 18.7 Å². The molecule has 1 N–H and O–H groups in total. The molecule has 1 atom stereocenters. The first-order valence-electron chi connectivity index (χ1n) is 6.34. The normalized spacial score (nSPS) is 13.0. The van der Waals surface area contributed by atoms with Crippen molar-refractivity contribution in [3.63, 3.8) is 0 Å². The molecule has 6 nitrogen and oxygen atoms in total. The highest BCUT2D eigenvalue weighted by Gasteiger charge is 2.24. The largest absolute Gasteiger partial charge is 0.383 e. The third-order valence-electron chi connectivity index (χ3n) is 3.05. The van der Waals surface area contributed by atoms with Gasteiger partial charge < -0.3 is 4.74 Å². The van der Waals surface area contributed by atoms with Crippen molar-refractivity contribution in [2.75, 3.05) is 13.7 Å². The smallest absolute Gasteiger partial charge is 0.283 e. The molecule has 0 bridgehead atoms. The van der Waals surface area contributed by atoms with Gasteiger partial charge >= 0.3 is 0 Å². The van der Waals surface area contributed by atoms with Crippen LogP contribution in [-0.2, 0) is 14.8 Å². The van der Waals surface area contributed by atoms with Gasteiger partial charge in [0.05, 0.1) is 6.61 Å². The summed E-state index contributed by atoms with van der Waals surface area (Å²) >= 11 is 0. The van der Waals surface area contributed by atoms with Crippen molar-refractivity contribution in [1.29, 1.82) is 0 Å². The Kier molecular flexibility index (Phi) is 4.54. The second-order valence-electron chi connectivity index (χ2n) is 4.62. The highest BCUT2D eigenvalue weighted by molar-refractivity contribution is 7.90. The van der Waals surface area contributed by atoms with Gasteiger partial charge in [-0.15, -0.1) is 0 Å². The fourth-order valence-electron chi connectivity index (χ4n) is 1.90. The van der Waals surface area contributed by atoms with E-state index in [0.717, 1.165) is 5.39 Å². The van der Waals surface area contributed by atoms with E-state index in [1.54, 1.807) is 18.2 Å². The molecule has 1 aromatic carbocycles. The Morgan fingerprint density at radius 2 is 2.05 bits per heavy atom. The molecule has 1 unspecified atom stereocenters. The van der Waals surface area contributed by atoms with Gasteiger partial charge in [0.15, 0.2) is 0 Å². The molecule has 0 radical (unpaired) electrons. The van der Waals surface area contributed by atoms with Crippen LogP contribution in [0.3, 0.4) is 0 Å². The lowest BCUT2D eigenvalue weighted by atomic mass is 10.1. The molecule has 0 fully saturated rings. The number of amides is 1. The van der Waals surface area contributed by atoms with Crippen LogP contribution in [0.25, 0.3) is 10.8 Å². The Morgan fingerprint density at radius 3 is 2.76 bits per heavy atom. The lowest BCUT2D eigenvalue weighted by Gasteiger charge is -2.13. The van der Waals surface area contributed by atoms with E-state index in [9.17, 15) is 13.2 Å². The van der Waals surface area contributed by atoms with Crippen LogP contribution in [0.2, 0.25) is 0 Å². The SMILES string of the molecule is COCC(C)S(=O)(=O)NC(=O)c1nccc2ccccc12. The second kappa shape index (κ2) is 6.19. The molecule has 0 aliphatic carbocycles. The minimum absolute atomic E-state index is 0.00554. The van der Waals surface area contributed by atoms with Gasteiger partial charge in [-0.1, -0.05) is 24.3 Å². The highest BCUT2D eigenvalue weighted by atomic mass is 32.2. The molecule has 7 heteroatoms. The van der Waals surface area contributed by atoms with Gasteiger partial charge in [-0.2, -0.15) is 0 Å². The highest BCUT2D eigenvalue weighted by Crippen LogP contribution is 2.16. The predicted octanol–water partition coefficient (Wildman–Crippen LogP) is 1.33. The number of benzene rings is 1. The van der Waals surface area contributed by atoms with Crippen molar-refractivity contribution in [2.45, 2.75) is 12.2 Å². The van der Waals surface area contributed by atoms with Gasteiger partial charge in [0.25, 0.3) is 5.91 Å². The maximum atomic E-state index is 12.2. The molecule has 0 aliphatic heterocycles. The van der Waals surface area contributed by atoms with Crippen LogP contribution in [-0.4, -0.2) is 38.3 Å². The van der Waals surface area contributed by atoms with Crippen LogP contribution < -0.4 is 4.72 Å². The van der Waals surface area contributed by atoms with Gasteiger partial charge in [-0.25, -0.2) is 13.1 Å². The predicted molar refractivity (Wildman–Crippen MR) is 79.5 cm³/mol. The zero-order chi connectivity index (χ0) is 15.5. The number of carbonyl (C=O) groups is 1. The number of hydrogen-bond acceptors (Lipinski definition) is 5. The first-order valence-corrected chi connectivity index (χ1v) is 7.89. The van der Waals surface area contributed by atoms with Gasteiger partial charge in [-0.05, 0) is 18.4 Å². The fraction of sp³-hybridized carbons (Fsp3) is 0.286. The maximum absolute atomic E-state index is 12.2. The molecule has 0 saturated carbocycles. The first-order chi connectivity index (χ1) is 9.95. The summed E-state index contributed by atoms with van der Waals surface area (Å²) in [6.07, 6.45) is 1.47. The number of nitrogens with one attached hydrogen (secondary N) is 1. The molecule has 1 aromatic heterocycles. The monoisotopic (exact) mass is 308 g/mol. The number of nitrogens with zero attached hydrogens (tertiary/aromatic N) is 1. The van der Waals surface area contributed by atoms with E-state index in [-0.39, 0.29) is 12.3 Å². The molecule has 0 spiro atoms.